The van der Waals surface area contributed by atoms with Gasteiger partial charge in [0.05, 0.1) is 43.1 Å². The Bertz CT molecular complexity index is 2610. The average molecular weight is 914 g/mol. The van der Waals surface area contributed by atoms with Gasteiger partial charge < -0.3 is 44.5 Å². The lowest BCUT2D eigenvalue weighted by molar-refractivity contribution is -0.137. The zero-order chi connectivity index (χ0) is 45.7. The summed E-state index contributed by atoms with van der Waals surface area (Å²) in [4.78, 5) is 77.4. The van der Waals surface area contributed by atoms with Crippen molar-refractivity contribution in [3.8, 4) is 11.5 Å². The number of primary amides is 1. The van der Waals surface area contributed by atoms with Crippen molar-refractivity contribution >= 4 is 63.6 Å². The predicted octanol–water partition coefficient (Wildman–Crippen LogP) is 4.94. The minimum absolute atomic E-state index is 0.0157. The van der Waals surface area contributed by atoms with Crippen LogP contribution in [0.4, 0.5) is 21.8 Å². The molecule has 1 saturated carbocycles. The number of ether oxygens (including phenoxy) is 3. The second-order valence-electron chi connectivity index (χ2n) is 17.9. The van der Waals surface area contributed by atoms with Gasteiger partial charge in [0.15, 0.2) is 18.2 Å². The number of piperidine rings is 3. The fourth-order valence-corrected chi connectivity index (χ4v) is 10.2. The van der Waals surface area contributed by atoms with Crippen LogP contribution in [0.2, 0.25) is 5.02 Å². The lowest BCUT2D eigenvalue weighted by atomic mass is 9.82. The van der Waals surface area contributed by atoms with Crippen LogP contribution in [0, 0.1) is 5.82 Å². The number of pyridine rings is 1. The minimum Gasteiger partial charge on any atom is -0.496 e. The van der Waals surface area contributed by atoms with E-state index < -0.39 is 36.2 Å². The van der Waals surface area contributed by atoms with Crippen molar-refractivity contribution in [2.45, 2.75) is 108 Å². The van der Waals surface area contributed by atoms with Crippen LogP contribution in [0.3, 0.4) is 0 Å². The third-order valence-corrected chi connectivity index (χ3v) is 13.8. The van der Waals surface area contributed by atoms with E-state index in [1.54, 1.807) is 22.9 Å². The Morgan fingerprint density at radius 2 is 1.75 bits per heavy atom. The Hall–Kier alpha value is -5.85. The number of halogens is 2. The summed E-state index contributed by atoms with van der Waals surface area (Å²) >= 11 is 6.58. The van der Waals surface area contributed by atoms with Gasteiger partial charge in [0.25, 0.3) is 17.4 Å². The molecule has 2 aromatic carbocycles. The van der Waals surface area contributed by atoms with Crippen molar-refractivity contribution in [3.63, 3.8) is 0 Å². The van der Waals surface area contributed by atoms with Gasteiger partial charge in [-0.15, -0.1) is 0 Å². The summed E-state index contributed by atoms with van der Waals surface area (Å²) in [6.07, 6.45) is 7.28. The fraction of sp³-hybridized carbons (Fsp3) is 0.500. The standard InChI is InChI=1S/C46H53ClFN9O8/c1-24(2)57-34-5-4-27(16-26(34)17-37(45(57)62)64-23-38(49)58)51-42-33(47)21-50-46(53-42)55-14-10-29(11-15-55)65-30-18-28(19-30)54-12-8-25(9-13-54)40-36(63-3)20-31-32(41(40)48)22-56(44(31)61)35-6-7-39(59)52-43(35)60/h4-5,16-17,20-21,24-25,28-30,35H,6-15,18-19,22-23H2,1-3H3,(H2,49,58)(H,50,51,53)(H,52,59,60)/t28-,30-,35?. The number of anilines is 3. The third-order valence-electron chi connectivity index (χ3n) is 13.5. The molecule has 4 N–H and O–H groups in total. The summed E-state index contributed by atoms with van der Waals surface area (Å²) in [5, 5.41) is 6.67. The molecule has 4 aromatic rings. The molecule has 344 valence electrons. The normalized spacial score (nSPS) is 22.0. The number of amides is 4. The van der Waals surface area contributed by atoms with Crippen LogP contribution in [0.25, 0.3) is 10.9 Å². The SMILES string of the molecule is COc1cc2c(c(F)c1C1CCN([C@H]3C[C@H](OC4CCN(c5ncc(Cl)c(Nc6ccc7c(c6)cc(OCC(N)=O)c(=O)n7C(C)C)n5)CC4)C3)CC1)CN(C1CCC(=O)NC1=O)C2=O. The molecule has 4 aliphatic heterocycles. The van der Waals surface area contributed by atoms with Gasteiger partial charge in [-0.25, -0.2) is 9.37 Å². The van der Waals surface area contributed by atoms with Gasteiger partial charge >= 0.3 is 0 Å². The lowest BCUT2D eigenvalue weighted by Crippen LogP contribution is -2.52. The van der Waals surface area contributed by atoms with Gasteiger partial charge in [0.2, 0.25) is 17.8 Å². The number of nitrogens with one attached hydrogen (secondary N) is 2. The molecule has 2 aromatic heterocycles. The molecule has 65 heavy (non-hydrogen) atoms. The highest BCUT2D eigenvalue weighted by molar-refractivity contribution is 6.33. The van der Waals surface area contributed by atoms with E-state index in [-0.39, 0.29) is 71.9 Å². The van der Waals surface area contributed by atoms with Crippen molar-refractivity contribution < 1.29 is 37.8 Å². The van der Waals surface area contributed by atoms with Crippen LogP contribution in [0.15, 0.2) is 41.3 Å². The van der Waals surface area contributed by atoms with Crippen molar-refractivity contribution in [2.24, 2.45) is 5.73 Å². The maximum absolute atomic E-state index is 16.4. The van der Waals surface area contributed by atoms with Crippen molar-refractivity contribution in [1.82, 2.24) is 29.7 Å². The van der Waals surface area contributed by atoms with E-state index >= 15 is 4.39 Å². The fourth-order valence-electron chi connectivity index (χ4n) is 10.1. The summed E-state index contributed by atoms with van der Waals surface area (Å²) in [6, 6.07) is 8.19. The molecule has 5 aliphatic rings. The van der Waals surface area contributed by atoms with Gasteiger partial charge in [-0.1, -0.05) is 11.6 Å². The van der Waals surface area contributed by atoms with E-state index in [9.17, 15) is 24.0 Å². The molecule has 0 bridgehead atoms. The van der Waals surface area contributed by atoms with Crippen LogP contribution in [0.5, 0.6) is 11.5 Å². The zero-order valence-corrected chi connectivity index (χ0v) is 37.4. The van der Waals surface area contributed by atoms with Gasteiger partial charge in [0.1, 0.15) is 22.6 Å². The van der Waals surface area contributed by atoms with Crippen molar-refractivity contribution in [1.29, 1.82) is 0 Å². The average Bonchev–Trinajstić information content (AvgIpc) is 3.60. The minimum atomic E-state index is -0.815. The van der Waals surface area contributed by atoms with E-state index in [1.165, 1.54) is 12.0 Å². The number of carbonyl (C=O) groups is 4. The number of fused-ring (bicyclic) bond motifs is 2. The largest absolute Gasteiger partial charge is 0.496 e. The Morgan fingerprint density at radius 3 is 2.45 bits per heavy atom. The van der Waals surface area contributed by atoms with Crippen LogP contribution >= 0.6 is 11.6 Å². The first kappa shape index (κ1) is 44.4. The first-order valence-corrected chi connectivity index (χ1v) is 22.7. The molecule has 1 aliphatic carbocycles. The van der Waals surface area contributed by atoms with Gasteiger partial charge in [-0.05, 0) is 108 Å². The van der Waals surface area contributed by atoms with E-state index in [2.05, 4.69) is 25.4 Å². The van der Waals surface area contributed by atoms with E-state index in [1.807, 2.05) is 32.0 Å². The number of imide groups is 1. The Balaban J connectivity index is 0.759. The number of aromatic nitrogens is 3. The molecule has 19 heteroatoms. The molecule has 4 fully saturated rings. The first-order valence-electron chi connectivity index (χ1n) is 22.3. The van der Waals surface area contributed by atoms with E-state index in [0.717, 1.165) is 64.7 Å². The molecule has 4 amide bonds. The summed E-state index contributed by atoms with van der Waals surface area (Å²) < 4.78 is 35.7. The molecule has 1 atom stereocenters. The number of methoxy groups -OCH3 is 1. The van der Waals surface area contributed by atoms with E-state index in [4.69, 9.17) is 36.5 Å². The number of likely N-dealkylation sites (tertiary alicyclic amines) is 1. The quantitative estimate of drug-likeness (QED) is 0.153. The predicted molar refractivity (Wildman–Crippen MR) is 239 cm³/mol. The van der Waals surface area contributed by atoms with Crippen molar-refractivity contribution in [3.05, 3.63) is 74.4 Å². The summed E-state index contributed by atoms with van der Waals surface area (Å²) in [5.41, 5.74) is 7.30. The second kappa shape index (κ2) is 18.2. The topological polar surface area (TPSA) is 204 Å². The van der Waals surface area contributed by atoms with Crippen LogP contribution in [-0.2, 0) is 25.7 Å². The summed E-state index contributed by atoms with van der Waals surface area (Å²) in [5.74, 6) is -1.13. The molecule has 6 heterocycles. The Kier molecular flexibility index (Phi) is 12.4. The van der Waals surface area contributed by atoms with Gasteiger partial charge in [-0.3, -0.25) is 29.3 Å². The maximum atomic E-state index is 16.4. The number of carbonyl (C=O) groups excluding carboxylic acids is 4. The van der Waals surface area contributed by atoms with Crippen LogP contribution in [0.1, 0.15) is 98.7 Å². The number of hydrogen-bond donors (Lipinski definition) is 3. The first-order chi connectivity index (χ1) is 31.3. The summed E-state index contributed by atoms with van der Waals surface area (Å²) in [6.45, 7) is 6.44. The molecule has 1 unspecified atom stereocenters. The molecular weight excluding hydrogens is 861 g/mol. The smallest absolute Gasteiger partial charge is 0.293 e. The zero-order valence-electron chi connectivity index (χ0n) is 36.6. The van der Waals surface area contributed by atoms with Crippen molar-refractivity contribution in [2.75, 3.05) is 50.1 Å². The number of hydrogen-bond acceptors (Lipinski definition) is 13. The molecule has 17 nitrogen and oxygen atoms in total. The molecule has 0 radical (unpaired) electrons. The highest BCUT2D eigenvalue weighted by Gasteiger charge is 2.43. The second-order valence-corrected chi connectivity index (χ2v) is 18.3. The molecule has 9 rings (SSSR count). The Morgan fingerprint density at radius 1 is 1.00 bits per heavy atom. The monoisotopic (exact) mass is 913 g/mol. The highest BCUT2D eigenvalue weighted by Crippen LogP contribution is 2.43. The van der Waals surface area contributed by atoms with Gasteiger partial charge in [-0.2, -0.15) is 4.98 Å². The summed E-state index contributed by atoms with van der Waals surface area (Å²) in [7, 11) is 1.49. The number of nitrogens with two attached hydrogens (primary N) is 1. The molecular formula is C46H53ClFN9O8. The highest BCUT2D eigenvalue weighted by atomic mass is 35.5. The molecule has 3 saturated heterocycles. The van der Waals surface area contributed by atoms with Gasteiger partial charge in [0, 0.05) is 53.8 Å². The third kappa shape index (κ3) is 8.82. The van der Waals surface area contributed by atoms with Crippen LogP contribution in [-0.4, -0.2) is 112 Å². The van der Waals surface area contributed by atoms with Crippen LogP contribution < -0.4 is 36.3 Å². The maximum Gasteiger partial charge on any atom is 0.293 e. The van der Waals surface area contributed by atoms with E-state index in [0.29, 0.717) is 50.7 Å². The number of benzene rings is 2. The lowest BCUT2D eigenvalue weighted by Gasteiger charge is -2.47. The number of nitrogens with zero attached hydrogens (tertiary/aromatic N) is 6. The molecule has 0 spiro atoms. The Labute approximate surface area is 379 Å². The number of rotatable bonds is 13.